The van der Waals surface area contributed by atoms with Gasteiger partial charge in [0.1, 0.15) is 11.9 Å². The number of non-ortho nitro benzene ring substituents is 1. The molecule has 39 heavy (non-hydrogen) atoms. The number of carbonyl (C=O) groups is 2. The number of primary amides is 1. The van der Waals surface area contributed by atoms with Crippen molar-refractivity contribution in [3.63, 3.8) is 0 Å². The molecule has 0 radical (unpaired) electrons. The SMILES string of the molecule is CC(C)NC(=O)C1CNCCN1c1ccc(Nc2cc(NCc3cccc([N+](=O)[O-])c3)c(C(N)=O)cn2)cc1. The van der Waals surface area contributed by atoms with Crippen molar-refractivity contribution in [2.75, 3.05) is 35.2 Å². The highest BCUT2D eigenvalue weighted by Crippen LogP contribution is 2.26. The fraction of sp³-hybridized carbons (Fsp3) is 0.296. The van der Waals surface area contributed by atoms with E-state index >= 15 is 0 Å². The first-order chi connectivity index (χ1) is 18.7. The zero-order valence-electron chi connectivity index (χ0n) is 21.8. The molecule has 0 spiro atoms. The van der Waals surface area contributed by atoms with Gasteiger partial charge in [0.2, 0.25) is 5.91 Å². The molecule has 6 N–H and O–H groups in total. The zero-order chi connectivity index (χ0) is 27.9. The summed E-state index contributed by atoms with van der Waals surface area (Å²) in [6, 6.07) is 15.3. The monoisotopic (exact) mass is 532 g/mol. The largest absolute Gasteiger partial charge is 0.380 e. The molecule has 3 aromatic rings. The molecule has 1 aromatic heterocycles. The summed E-state index contributed by atoms with van der Waals surface area (Å²) < 4.78 is 0. The summed E-state index contributed by atoms with van der Waals surface area (Å²) >= 11 is 0. The molecular weight excluding hydrogens is 500 g/mol. The molecule has 12 heteroatoms. The van der Waals surface area contributed by atoms with Crippen LogP contribution in [0.4, 0.5) is 28.6 Å². The van der Waals surface area contributed by atoms with Crippen molar-refractivity contribution < 1.29 is 14.5 Å². The van der Waals surface area contributed by atoms with Gasteiger partial charge in [0.25, 0.3) is 11.6 Å². The van der Waals surface area contributed by atoms with Gasteiger partial charge in [-0.05, 0) is 43.7 Å². The normalized spacial score (nSPS) is 15.1. The van der Waals surface area contributed by atoms with Gasteiger partial charge in [0.15, 0.2) is 0 Å². The molecule has 1 saturated heterocycles. The Morgan fingerprint density at radius 3 is 2.67 bits per heavy atom. The molecule has 1 aliphatic rings. The van der Waals surface area contributed by atoms with Crippen molar-refractivity contribution in [3.8, 4) is 0 Å². The number of pyridine rings is 1. The molecule has 12 nitrogen and oxygen atoms in total. The molecule has 2 amide bonds. The van der Waals surface area contributed by atoms with Crippen molar-refractivity contribution >= 4 is 40.4 Å². The lowest BCUT2D eigenvalue weighted by molar-refractivity contribution is -0.384. The number of benzene rings is 2. The quantitative estimate of drug-likeness (QED) is 0.195. The van der Waals surface area contributed by atoms with E-state index in [0.717, 1.165) is 17.9 Å². The summed E-state index contributed by atoms with van der Waals surface area (Å²) in [6.07, 6.45) is 1.38. The minimum Gasteiger partial charge on any atom is -0.380 e. The lowest BCUT2D eigenvalue weighted by Crippen LogP contribution is -2.58. The van der Waals surface area contributed by atoms with Gasteiger partial charge < -0.3 is 31.9 Å². The van der Waals surface area contributed by atoms with E-state index in [2.05, 4.69) is 31.2 Å². The highest BCUT2D eigenvalue weighted by atomic mass is 16.6. The van der Waals surface area contributed by atoms with E-state index in [1.807, 2.05) is 38.1 Å². The lowest BCUT2D eigenvalue weighted by atomic mass is 10.1. The van der Waals surface area contributed by atoms with Gasteiger partial charge >= 0.3 is 0 Å². The molecule has 0 bridgehead atoms. The van der Waals surface area contributed by atoms with E-state index in [1.165, 1.54) is 18.3 Å². The summed E-state index contributed by atoms with van der Waals surface area (Å²) in [4.78, 5) is 41.7. The number of carbonyl (C=O) groups excluding carboxylic acids is 2. The van der Waals surface area contributed by atoms with Crippen molar-refractivity contribution in [1.29, 1.82) is 0 Å². The summed E-state index contributed by atoms with van der Waals surface area (Å²) in [7, 11) is 0. The third-order valence-corrected chi connectivity index (χ3v) is 6.22. The van der Waals surface area contributed by atoms with Gasteiger partial charge in [-0.3, -0.25) is 19.7 Å². The molecular formula is C27H32N8O4. The smallest absolute Gasteiger partial charge is 0.269 e. The van der Waals surface area contributed by atoms with Crippen LogP contribution in [0.2, 0.25) is 0 Å². The van der Waals surface area contributed by atoms with Crippen LogP contribution in [0, 0.1) is 10.1 Å². The molecule has 2 aromatic carbocycles. The molecule has 1 aliphatic heterocycles. The molecule has 4 rings (SSSR count). The second-order valence-electron chi connectivity index (χ2n) is 9.51. The third-order valence-electron chi connectivity index (χ3n) is 6.22. The fourth-order valence-corrected chi connectivity index (χ4v) is 4.36. The summed E-state index contributed by atoms with van der Waals surface area (Å²) in [5.41, 5.74) is 8.53. The van der Waals surface area contributed by atoms with Crippen LogP contribution in [0.3, 0.4) is 0 Å². The second-order valence-corrected chi connectivity index (χ2v) is 9.51. The van der Waals surface area contributed by atoms with E-state index < -0.39 is 10.8 Å². The van der Waals surface area contributed by atoms with Crippen LogP contribution >= 0.6 is 0 Å². The van der Waals surface area contributed by atoms with E-state index in [4.69, 9.17) is 5.73 Å². The second kappa shape index (κ2) is 12.2. The van der Waals surface area contributed by atoms with E-state index in [9.17, 15) is 19.7 Å². The number of piperazine rings is 1. The maximum atomic E-state index is 12.7. The van der Waals surface area contributed by atoms with Crippen LogP contribution in [0.15, 0.2) is 60.8 Å². The van der Waals surface area contributed by atoms with Crippen LogP contribution in [0.1, 0.15) is 29.8 Å². The van der Waals surface area contributed by atoms with Crippen LogP contribution < -0.4 is 31.9 Å². The number of rotatable bonds is 10. The van der Waals surface area contributed by atoms with Crippen molar-refractivity contribution in [1.82, 2.24) is 15.6 Å². The Hall–Kier alpha value is -4.71. The summed E-state index contributed by atoms with van der Waals surface area (Å²) in [6.45, 7) is 6.19. The van der Waals surface area contributed by atoms with Gasteiger partial charge in [-0.15, -0.1) is 0 Å². The fourth-order valence-electron chi connectivity index (χ4n) is 4.36. The Balaban J connectivity index is 1.48. The summed E-state index contributed by atoms with van der Waals surface area (Å²) in [5, 5.41) is 23.7. The Bertz CT molecular complexity index is 1350. The predicted octanol–water partition coefficient (Wildman–Crippen LogP) is 2.75. The average molecular weight is 533 g/mol. The number of anilines is 4. The van der Waals surface area contributed by atoms with Crippen LogP contribution in [0.25, 0.3) is 0 Å². The molecule has 2 heterocycles. The first kappa shape index (κ1) is 27.3. The van der Waals surface area contributed by atoms with Gasteiger partial charge in [0.05, 0.1) is 16.2 Å². The Morgan fingerprint density at radius 2 is 1.97 bits per heavy atom. The molecule has 0 saturated carbocycles. The van der Waals surface area contributed by atoms with Crippen LogP contribution in [0.5, 0.6) is 0 Å². The number of hydrogen-bond acceptors (Lipinski definition) is 9. The maximum absolute atomic E-state index is 12.7. The third kappa shape index (κ3) is 6.99. The number of nitrogens with one attached hydrogen (secondary N) is 4. The number of aromatic nitrogens is 1. The minimum atomic E-state index is -0.646. The van der Waals surface area contributed by atoms with Crippen LogP contribution in [-0.4, -0.2) is 53.4 Å². The van der Waals surface area contributed by atoms with Crippen molar-refractivity contribution in [2.24, 2.45) is 5.73 Å². The highest BCUT2D eigenvalue weighted by molar-refractivity contribution is 5.98. The molecule has 1 fully saturated rings. The van der Waals surface area contributed by atoms with Gasteiger partial charge in [-0.1, -0.05) is 12.1 Å². The number of nitro groups is 1. The number of amides is 2. The Kier molecular flexibility index (Phi) is 8.56. The first-order valence-corrected chi connectivity index (χ1v) is 12.6. The zero-order valence-corrected chi connectivity index (χ0v) is 21.8. The summed E-state index contributed by atoms with van der Waals surface area (Å²) in [5.74, 6) is -0.180. The molecule has 0 aliphatic carbocycles. The van der Waals surface area contributed by atoms with Gasteiger partial charge in [-0.25, -0.2) is 4.98 Å². The maximum Gasteiger partial charge on any atom is 0.269 e. The predicted molar refractivity (Wildman–Crippen MR) is 150 cm³/mol. The number of hydrogen-bond donors (Lipinski definition) is 5. The van der Waals surface area contributed by atoms with Gasteiger partial charge in [0, 0.05) is 68.0 Å². The standard InChI is InChI=1S/C27H32N8O4/c1-17(2)32-27(37)24-16-29-10-11-34(24)20-8-6-19(7-9-20)33-25-13-23(22(15-31-25)26(28)36)30-14-18-4-3-5-21(12-18)35(38)39/h3-9,12-13,15,17,24,29H,10-11,14,16H2,1-2H3,(H2,28,36)(H,32,37)(H2,30,31,33). The van der Waals surface area contributed by atoms with Crippen LogP contribution in [-0.2, 0) is 11.3 Å². The lowest BCUT2D eigenvalue weighted by Gasteiger charge is -2.37. The first-order valence-electron chi connectivity index (χ1n) is 12.6. The molecule has 204 valence electrons. The van der Waals surface area contributed by atoms with Crippen molar-refractivity contribution in [3.05, 3.63) is 82.0 Å². The highest BCUT2D eigenvalue weighted by Gasteiger charge is 2.29. The van der Waals surface area contributed by atoms with Crippen molar-refractivity contribution in [2.45, 2.75) is 32.5 Å². The number of nitrogens with zero attached hydrogens (tertiary/aromatic N) is 3. The number of nitro benzene ring substituents is 1. The minimum absolute atomic E-state index is 0.0109. The Labute approximate surface area is 226 Å². The average Bonchev–Trinajstić information content (AvgIpc) is 2.92. The van der Waals surface area contributed by atoms with E-state index in [-0.39, 0.29) is 35.8 Å². The van der Waals surface area contributed by atoms with Gasteiger partial charge in [-0.2, -0.15) is 0 Å². The molecule has 1 atom stereocenters. The topological polar surface area (TPSA) is 168 Å². The number of nitrogens with two attached hydrogens (primary N) is 1. The molecule has 1 unspecified atom stereocenters. The van der Waals surface area contributed by atoms with E-state index in [0.29, 0.717) is 30.2 Å². The Morgan fingerprint density at radius 1 is 1.21 bits per heavy atom. The van der Waals surface area contributed by atoms with E-state index in [1.54, 1.807) is 18.2 Å².